The molecular formula is C27H28O7S2. The number of carbonyl (C=O) groups excluding carboxylic acids is 1. The molecule has 4 rings (SSSR count). The Morgan fingerprint density at radius 1 is 0.722 bits per heavy atom. The quantitative estimate of drug-likeness (QED) is 0.239. The van der Waals surface area contributed by atoms with Gasteiger partial charge in [0.05, 0.1) is 45.7 Å². The zero-order chi connectivity index (χ0) is 25.7. The molecule has 0 saturated carbocycles. The Bertz CT molecular complexity index is 1190. The first kappa shape index (κ1) is 25.9. The van der Waals surface area contributed by atoms with Gasteiger partial charge in [-0.25, -0.2) is 4.79 Å². The molecule has 3 aromatic rings. The average molecular weight is 529 g/mol. The van der Waals surface area contributed by atoms with E-state index in [0.717, 1.165) is 16.9 Å². The smallest absolute Gasteiger partial charge is 0.343 e. The van der Waals surface area contributed by atoms with Crippen molar-refractivity contribution in [1.29, 1.82) is 0 Å². The highest BCUT2D eigenvalue weighted by atomic mass is 32.2. The minimum atomic E-state index is -0.463. The topological polar surface area (TPSA) is 72.5 Å². The molecule has 0 spiro atoms. The van der Waals surface area contributed by atoms with Crippen LogP contribution in [0.3, 0.4) is 0 Å². The number of benzene rings is 3. The summed E-state index contributed by atoms with van der Waals surface area (Å²) in [6.45, 7) is 0. The van der Waals surface area contributed by atoms with Gasteiger partial charge in [-0.2, -0.15) is 0 Å². The number of esters is 1. The summed E-state index contributed by atoms with van der Waals surface area (Å²) < 4.78 is 33.5. The molecule has 190 valence electrons. The molecule has 0 bridgehead atoms. The summed E-state index contributed by atoms with van der Waals surface area (Å²) >= 11 is 3.60. The van der Waals surface area contributed by atoms with Crippen molar-refractivity contribution in [2.75, 3.05) is 41.3 Å². The van der Waals surface area contributed by atoms with Crippen molar-refractivity contribution in [3.05, 3.63) is 71.3 Å². The van der Waals surface area contributed by atoms with E-state index in [1.165, 1.54) is 7.11 Å². The van der Waals surface area contributed by atoms with Crippen molar-refractivity contribution in [3.63, 3.8) is 0 Å². The van der Waals surface area contributed by atoms with Gasteiger partial charge in [0.1, 0.15) is 0 Å². The highest BCUT2D eigenvalue weighted by Crippen LogP contribution is 2.58. The normalized spacial score (nSPS) is 16.8. The van der Waals surface area contributed by atoms with Crippen LogP contribution in [0, 0.1) is 0 Å². The van der Waals surface area contributed by atoms with Crippen LogP contribution in [0.1, 0.15) is 31.3 Å². The predicted octanol–water partition coefficient (Wildman–Crippen LogP) is 6.17. The molecule has 2 unspecified atom stereocenters. The van der Waals surface area contributed by atoms with Crippen LogP contribution in [0.4, 0.5) is 0 Å². The van der Waals surface area contributed by atoms with Gasteiger partial charge in [-0.1, -0.05) is 18.2 Å². The Balaban J connectivity index is 1.62. The lowest BCUT2D eigenvalue weighted by Gasteiger charge is -2.18. The van der Waals surface area contributed by atoms with Gasteiger partial charge in [0.2, 0.25) is 11.5 Å². The van der Waals surface area contributed by atoms with E-state index in [4.69, 9.17) is 28.4 Å². The van der Waals surface area contributed by atoms with E-state index in [9.17, 15) is 4.79 Å². The number of thioether (sulfide) groups is 2. The van der Waals surface area contributed by atoms with Crippen LogP contribution in [0.5, 0.6) is 34.5 Å². The molecule has 1 aliphatic rings. The summed E-state index contributed by atoms with van der Waals surface area (Å²) in [7, 11) is 7.91. The summed E-state index contributed by atoms with van der Waals surface area (Å²) in [5, 5.41) is 0.192. The maximum absolute atomic E-state index is 12.8. The van der Waals surface area contributed by atoms with Crippen molar-refractivity contribution in [2.45, 2.75) is 9.83 Å². The Hall–Kier alpha value is -3.17. The van der Waals surface area contributed by atoms with E-state index >= 15 is 0 Å². The highest BCUT2D eigenvalue weighted by molar-refractivity contribution is 8.19. The molecule has 0 N–H and O–H groups in total. The third-order valence-electron chi connectivity index (χ3n) is 5.70. The van der Waals surface area contributed by atoms with Gasteiger partial charge in [0.15, 0.2) is 23.0 Å². The minimum Gasteiger partial charge on any atom is -0.493 e. The SMILES string of the molecule is COc1cc(C2CSC(c3cc(OC)c(OC)c(OC(=O)c4ccccc4)c3)S2)cc(OC)c1OC. The second-order valence-electron chi connectivity index (χ2n) is 7.76. The Morgan fingerprint density at radius 3 is 1.81 bits per heavy atom. The molecule has 0 radical (unpaired) electrons. The number of hydrogen-bond acceptors (Lipinski definition) is 9. The third-order valence-corrected chi connectivity index (χ3v) is 9.04. The molecule has 0 aliphatic carbocycles. The summed E-state index contributed by atoms with van der Waals surface area (Å²) in [6, 6.07) is 16.6. The zero-order valence-corrected chi connectivity index (χ0v) is 22.4. The molecule has 7 nitrogen and oxygen atoms in total. The van der Waals surface area contributed by atoms with Crippen molar-refractivity contribution < 1.29 is 33.2 Å². The molecule has 36 heavy (non-hydrogen) atoms. The number of rotatable bonds is 9. The Labute approximate surface area is 219 Å². The monoisotopic (exact) mass is 528 g/mol. The maximum atomic E-state index is 12.8. The van der Waals surface area contributed by atoms with E-state index < -0.39 is 5.97 Å². The first-order valence-electron chi connectivity index (χ1n) is 11.1. The van der Waals surface area contributed by atoms with Crippen LogP contribution >= 0.6 is 23.5 Å². The second kappa shape index (κ2) is 11.7. The summed E-state index contributed by atoms with van der Waals surface area (Å²) in [6.07, 6.45) is 0. The van der Waals surface area contributed by atoms with E-state index in [1.807, 2.05) is 30.3 Å². The van der Waals surface area contributed by atoms with Crippen LogP contribution < -0.4 is 28.4 Å². The van der Waals surface area contributed by atoms with Crippen LogP contribution in [0.15, 0.2) is 54.6 Å². The van der Waals surface area contributed by atoms with Gasteiger partial charge in [-0.15, -0.1) is 23.5 Å². The summed E-state index contributed by atoms with van der Waals surface area (Å²) in [5.74, 6) is 3.43. The lowest BCUT2D eigenvalue weighted by molar-refractivity contribution is 0.0729. The van der Waals surface area contributed by atoms with Crippen molar-refractivity contribution in [3.8, 4) is 34.5 Å². The fraction of sp³-hybridized carbons (Fsp3) is 0.296. The van der Waals surface area contributed by atoms with Gasteiger partial charge in [-0.3, -0.25) is 0 Å². The van der Waals surface area contributed by atoms with Crippen LogP contribution in [0.2, 0.25) is 0 Å². The fourth-order valence-electron chi connectivity index (χ4n) is 3.93. The number of methoxy groups -OCH3 is 5. The number of carbonyl (C=O) groups is 1. The van der Waals surface area contributed by atoms with Crippen molar-refractivity contribution >= 4 is 29.5 Å². The maximum Gasteiger partial charge on any atom is 0.343 e. The van der Waals surface area contributed by atoms with E-state index in [-0.39, 0.29) is 9.83 Å². The largest absolute Gasteiger partial charge is 0.493 e. The van der Waals surface area contributed by atoms with Gasteiger partial charge >= 0.3 is 5.97 Å². The molecular weight excluding hydrogens is 500 g/mol. The Morgan fingerprint density at radius 2 is 1.25 bits per heavy atom. The van der Waals surface area contributed by atoms with Gasteiger partial charge in [0.25, 0.3) is 0 Å². The first-order valence-corrected chi connectivity index (χ1v) is 13.1. The molecule has 0 aromatic heterocycles. The minimum absolute atomic E-state index is 0.0862. The number of ether oxygens (including phenoxy) is 6. The van der Waals surface area contributed by atoms with E-state index in [1.54, 1.807) is 76.2 Å². The average Bonchev–Trinajstić information content (AvgIpc) is 3.42. The zero-order valence-electron chi connectivity index (χ0n) is 20.7. The molecule has 2 atom stereocenters. The van der Waals surface area contributed by atoms with Crippen LogP contribution in [-0.2, 0) is 0 Å². The van der Waals surface area contributed by atoms with E-state index in [2.05, 4.69) is 0 Å². The molecule has 1 aliphatic heterocycles. The van der Waals surface area contributed by atoms with Gasteiger partial charge in [-0.05, 0) is 47.5 Å². The van der Waals surface area contributed by atoms with E-state index in [0.29, 0.717) is 40.1 Å². The Kier molecular flexibility index (Phi) is 8.43. The molecule has 9 heteroatoms. The van der Waals surface area contributed by atoms with Gasteiger partial charge < -0.3 is 28.4 Å². The third kappa shape index (κ3) is 5.32. The van der Waals surface area contributed by atoms with Gasteiger partial charge in [0, 0.05) is 11.0 Å². The lowest BCUT2D eigenvalue weighted by Crippen LogP contribution is -2.10. The lowest BCUT2D eigenvalue weighted by atomic mass is 10.1. The summed E-state index contributed by atoms with van der Waals surface area (Å²) in [5.41, 5.74) is 2.50. The van der Waals surface area contributed by atoms with Crippen molar-refractivity contribution in [1.82, 2.24) is 0 Å². The second-order valence-corrected chi connectivity index (χ2v) is 10.5. The molecule has 1 saturated heterocycles. The predicted molar refractivity (Wildman–Crippen MR) is 143 cm³/mol. The molecule has 1 fully saturated rings. The fourth-order valence-corrected chi connectivity index (χ4v) is 7.19. The molecule has 3 aromatic carbocycles. The number of hydrogen-bond donors (Lipinski definition) is 0. The first-order chi connectivity index (χ1) is 17.5. The standard InChI is InChI=1S/C27H28O7S2/c1-29-19-11-17(12-20(30-2)24(19)32-4)23-15-35-27(36-23)18-13-21(31-3)25(33-5)22(14-18)34-26(28)16-9-7-6-8-10-16/h6-14,23,27H,15H2,1-5H3. The molecule has 1 heterocycles. The molecule has 0 amide bonds. The van der Waals surface area contributed by atoms with Crippen LogP contribution in [-0.4, -0.2) is 47.3 Å². The highest BCUT2D eigenvalue weighted by Gasteiger charge is 2.32. The summed E-state index contributed by atoms with van der Waals surface area (Å²) in [4.78, 5) is 12.8. The van der Waals surface area contributed by atoms with Crippen molar-refractivity contribution in [2.24, 2.45) is 0 Å². The van der Waals surface area contributed by atoms with Crippen LogP contribution in [0.25, 0.3) is 0 Å².